The average molecular weight is 307 g/mol. The quantitative estimate of drug-likeness (QED) is 0.818. The van der Waals surface area contributed by atoms with Gasteiger partial charge in [-0.25, -0.2) is 13.1 Å². The van der Waals surface area contributed by atoms with Crippen LogP contribution in [0.4, 0.5) is 0 Å². The van der Waals surface area contributed by atoms with E-state index >= 15 is 0 Å². The first kappa shape index (κ1) is 15.9. The van der Waals surface area contributed by atoms with Gasteiger partial charge in [-0.15, -0.1) is 0 Å². The van der Waals surface area contributed by atoms with E-state index < -0.39 is 10.0 Å². The summed E-state index contributed by atoms with van der Waals surface area (Å²) in [6.45, 7) is 3.02. The molecular formula is C15H21N3O2S. The van der Waals surface area contributed by atoms with Crippen LogP contribution < -0.4 is 10.5 Å². The van der Waals surface area contributed by atoms with Crippen molar-refractivity contribution >= 4 is 20.9 Å². The predicted octanol–water partition coefficient (Wildman–Crippen LogP) is 1.89. The van der Waals surface area contributed by atoms with E-state index in [-0.39, 0.29) is 10.8 Å². The number of nitrogens with two attached hydrogens (primary N) is 1. The van der Waals surface area contributed by atoms with Crippen LogP contribution in [0.5, 0.6) is 0 Å². The Bertz CT molecular complexity index is 696. The first-order valence-corrected chi connectivity index (χ1v) is 8.60. The first-order chi connectivity index (χ1) is 10.1. The highest BCUT2D eigenvalue weighted by Crippen LogP contribution is 2.21. The number of hydrogen-bond acceptors (Lipinski definition) is 4. The fourth-order valence-electron chi connectivity index (χ4n) is 2.30. The Kier molecular flexibility index (Phi) is 5.27. The van der Waals surface area contributed by atoms with E-state index in [0.29, 0.717) is 24.0 Å². The number of nitrogens with zero attached hydrogens (tertiary/aromatic N) is 1. The van der Waals surface area contributed by atoms with Crippen LogP contribution >= 0.6 is 0 Å². The standard InChI is InChI=1S/C15H21N3O2S/c1-2-12(8-9-16)11-18-21(19,20)15-7-3-6-14-13(15)5-4-10-17-14/h3-7,10,12,18H,2,8-9,11,16H2,1H3. The SMILES string of the molecule is CCC(CCN)CNS(=O)(=O)c1cccc2ncccc12. The van der Waals surface area contributed by atoms with Crippen LogP contribution in [-0.2, 0) is 10.0 Å². The summed E-state index contributed by atoms with van der Waals surface area (Å²) in [6.07, 6.45) is 3.37. The number of nitrogens with one attached hydrogen (secondary N) is 1. The van der Waals surface area contributed by atoms with Crippen molar-refractivity contribution in [1.82, 2.24) is 9.71 Å². The van der Waals surface area contributed by atoms with Crippen molar-refractivity contribution in [2.75, 3.05) is 13.1 Å². The van der Waals surface area contributed by atoms with Crippen molar-refractivity contribution in [2.24, 2.45) is 11.7 Å². The smallest absolute Gasteiger partial charge is 0.241 e. The van der Waals surface area contributed by atoms with Gasteiger partial charge >= 0.3 is 0 Å². The second-order valence-electron chi connectivity index (χ2n) is 5.03. The van der Waals surface area contributed by atoms with Crippen molar-refractivity contribution in [3.05, 3.63) is 36.5 Å². The third kappa shape index (κ3) is 3.78. The lowest BCUT2D eigenvalue weighted by Crippen LogP contribution is -2.30. The third-order valence-corrected chi connectivity index (χ3v) is 5.09. The van der Waals surface area contributed by atoms with Crippen molar-refractivity contribution in [1.29, 1.82) is 0 Å². The Labute approximate surface area is 125 Å². The van der Waals surface area contributed by atoms with E-state index in [0.717, 1.165) is 12.8 Å². The monoisotopic (exact) mass is 307 g/mol. The van der Waals surface area contributed by atoms with E-state index in [2.05, 4.69) is 9.71 Å². The Morgan fingerprint density at radius 1 is 1.29 bits per heavy atom. The molecule has 0 fully saturated rings. The molecule has 0 amide bonds. The van der Waals surface area contributed by atoms with E-state index in [1.165, 1.54) is 0 Å². The highest BCUT2D eigenvalue weighted by molar-refractivity contribution is 7.89. The highest BCUT2D eigenvalue weighted by atomic mass is 32.2. The van der Waals surface area contributed by atoms with Gasteiger partial charge in [-0.2, -0.15) is 0 Å². The molecule has 2 aromatic rings. The molecule has 1 atom stereocenters. The minimum Gasteiger partial charge on any atom is -0.330 e. The molecule has 2 rings (SSSR count). The van der Waals surface area contributed by atoms with E-state index in [1.54, 1.807) is 36.5 Å². The third-order valence-electron chi connectivity index (χ3n) is 3.61. The zero-order valence-electron chi connectivity index (χ0n) is 12.1. The maximum absolute atomic E-state index is 12.5. The van der Waals surface area contributed by atoms with Crippen molar-refractivity contribution in [3.63, 3.8) is 0 Å². The maximum atomic E-state index is 12.5. The topological polar surface area (TPSA) is 85.1 Å². The summed E-state index contributed by atoms with van der Waals surface area (Å²) in [4.78, 5) is 4.46. The van der Waals surface area contributed by atoms with Gasteiger partial charge in [-0.1, -0.05) is 19.4 Å². The molecule has 1 heterocycles. The Hall–Kier alpha value is -1.50. The number of rotatable bonds is 7. The van der Waals surface area contributed by atoms with Gasteiger partial charge in [0.15, 0.2) is 0 Å². The lowest BCUT2D eigenvalue weighted by Gasteiger charge is -2.15. The van der Waals surface area contributed by atoms with Crippen molar-refractivity contribution in [2.45, 2.75) is 24.7 Å². The van der Waals surface area contributed by atoms with Crippen LogP contribution in [0.15, 0.2) is 41.4 Å². The summed E-state index contributed by atoms with van der Waals surface area (Å²) in [5, 5.41) is 0.638. The maximum Gasteiger partial charge on any atom is 0.241 e. The van der Waals surface area contributed by atoms with Gasteiger partial charge in [0, 0.05) is 18.1 Å². The molecule has 0 saturated heterocycles. The second-order valence-corrected chi connectivity index (χ2v) is 6.77. The molecule has 114 valence electrons. The van der Waals surface area contributed by atoms with Gasteiger partial charge in [-0.05, 0) is 43.1 Å². The Morgan fingerprint density at radius 3 is 2.81 bits per heavy atom. The van der Waals surface area contributed by atoms with Gasteiger partial charge in [0.25, 0.3) is 0 Å². The molecular weight excluding hydrogens is 286 g/mol. The molecule has 0 radical (unpaired) electrons. The fourth-order valence-corrected chi connectivity index (χ4v) is 3.63. The molecule has 3 N–H and O–H groups in total. The van der Waals surface area contributed by atoms with Crippen LogP contribution in [0, 0.1) is 5.92 Å². The largest absolute Gasteiger partial charge is 0.330 e. The number of sulfonamides is 1. The number of fused-ring (bicyclic) bond motifs is 1. The summed E-state index contributed by atoms with van der Waals surface area (Å²) in [7, 11) is -3.54. The molecule has 0 saturated carbocycles. The van der Waals surface area contributed by atoms with Crippen LogP contribution in [0.2, 0.25) is 0 Å². The summed E-state index contributed by atoms with van der Waals surface area (Å²) in [5.74, 6) is 0.262. The summed E-state index contributed by atoms with van der Waals surface area (Å²) in [6, 6.07) is 8.63. The Balaban J connectivity index is 2.26. The molecule has 5 nitrogen and oxygen atoms in total. The molecule has 1 aromatic carbocycles. The zero-order chi connectivity index (χ0) is 15.3. The lowest BCUT2D eigenvalue weighted by molar-refractivity contribution is 0.466. The number of aromatic nitrogens is 1. The number of hydrogen-bond donors (Lipinski definition) is 2. The first-order valence-electron chi connectivity index (χ1n) is 7.12. The molecule has 6 heteroatoms. The van der Waals surface area contributed by atoms with Crippen LogP contribution in [0.1, 0.15) is 19.8 Å². The molecule has 0 aliphatic rings. The lowest BCUT2D eigenvalue weighted by atomic mass is 10.0. The van der Waals surface area contributed by atoms with Crippen LogP contribution in [0.25, 0.3) is 10.9 Å². The second kappa shape index (κ2) is 6.98. The van der Waals surface area contributed by atoms with E-state index in [4.69, 9.17) is 5.73 Å². The normalized spacial score (nSPS) is 13.4. The van der Waals surface area contributed by atoms with Gasteiger partial charge in [0.2, 0.25) is 10.0 Å². The van der Waals surface area contributed by atoms with Crippen molar-refractivity contribution < 1.29 is 8.42 Å². The predicted molar refractivity (Wildman–Crippen MR) is 84.4 cm³/mol. The van der Waals surface area contributed by atoms with Gasteiger partial charge in [0.05, 0.1) is 10.4 Å². The highest BCUT2D eigenvalue weighted by Gasteiger charge is 2.18. The molecule has 0 spiro atoms. The molecule has 21 heavy (non-hydrogen) atoms. The van der Waals surface area contributed by atoms with Gasteiger partial charge in [-0.3, -0.25) is 4.98 Å². The van der Waals surface area contributed by atoms with Gasteiger partial charge in [0.1, 0.15) is 0 Å². The molecule has 0 aliphatic carbocycles. The summed E-state index contributed by atoms with van der Waals surface area (Å²) in [5.41, 5.74) is 6.22. The minimum atomic E-state index is -3.54. The fraction of sp³-hybridized carbons (Fsp3) is 0.400. The average Bonchev–Trinajstić information content (AvgIpc) is 2.50. The molecule has 0 aliphatic heterocycles. The number of benzene rings is 1. The van der Waals surface area contributed by atoms with E-state index in [9.17, 15) is 8.42 Å². The number of pyridine rings is 1. The van der Waals surface area contributed by atoms with Crippen LogP contribution in [0.3, 0.4) is 0 Å². The molecule has 0 bridgehead atoms. The zero-order valence-corrected chi connectivity index (χ0v) is 12.9. The van der Waals surface area contributed by atoms with Crippen molar-refractivity contribution in [3.8, 4) is 0 Å². The molecule has 1 aromatic heterocycles. The Morgan fingerprint density at radius 2 is 2.10 bits per heavy atom. The molecule has 1 unspecified atom stereocenters. The summed E-state index contributed by atoms with van der Waals surface area (Å²) < 4.78 is 27.7. The van der Waals surface area contributed by atoms with Gasteiger partial charge < -0.3 is 5.73 Å². The summed E-state index contributed by atoms with van der Waals surface area (Å²) >= 11 is 0. The van der Waals surface area contributed by atoms with Crippen LogP contribution in [-0.4, -0.2) is 26.5 Å². The van der Waals surface area contributed by atoms with E-state index in [1.807, 2.05) is 6.92 Å². The minimum absolute atomic E-state index is 0.262.